The summed E-state index contributed by atoms with van der Waals surface area (Å²) >= 11 is 0. The first kappa shape index (κ1) is 13.9. The molecule has 102 valence electrons. The van der Waals surface area contributed by atoms with Gasteiger partial charge in [0.2, 0.25) is 0 Å². The summed E-state index contributed by atoms with van der Waals surface area (Å²) in [4.78, 5) is 10.9. The zero-order valence-corrected chi connectivity index (χ0v) is 12.1. The normalized spacial score (nSPS) is 39.3. The minimum absolute atomic E-state index is 0.0478. The van der Waals surface area contributed by atoms with Crippen molar-refractivity contribution in [2.75, 3.05) is 5.75 Å². The van der Waals surface area contributed by atoms with Crippen molar-refractivity contribution < 1.29 is 14.1 Å². The molecule has 18 heavy (non-hydrogen) atoms. The van der Waals surface area contributed by atoms with E-state index in [0.29, 0.717) is 11.7 Å². The zero-order valence-electron chi connectivity index (χ0n) is 11.3. The molecule has 2 saturated carbocycles. The average Bonchev–Trinajstić information content (AvgIpc) is 2.60. The van der Waals surface area contributed by atoms with E-state index in [9.17, 15) is 14.1 Å². The maximum atomic E-state index is 12.1. The molecule has 4 heteroatoms. The highest BCUT2D eigenvalue weighted by Gasteiger charge is 2.63. The van der Waals surface area contributed by atoms with E-state index in [1.165, 1.54) is 18.4 Å². The molecule has 2 aliphatic carbocycles. The van der Waals surface area contributed by atoms with Crippen molar-refractivity contribution in [2.45, 2.75) is 46.1 Å². The molecular weight excluding hydrogens is 248 g/mol. The van der Waals surface area contributed by atoms with E-state index >= 15 is 0 Å². The second-order valence-corrected chi connectivity index (χ2v) is 7.63. The molecule has 2 fully saturated rings. The lowest BCUT2D eigenvalue weighted by atomic mass is 9.70. The van der Waals surface area contributed by atoms with Gasteiger partial charge in [0.15, 0.2) is 5.78 Å². The molecule has 1 N–H and O–H groups in total. The Morgan fingerprint density at radius 3 is 2.61 bits per heavy atom. The van der Waals surface area contributed by atoms with E-state index in [1.807, 2.05) is 0 Å². The summed E-state index contributed by atoms with van der Waals surface area (Å²) in [6.07, 6.45) is 3.93. The SMILES string of the molecule is CC(=O)/C=C/S(=O)C[C@]12CC[C@H](C[C@H]1O)C2(C)C. The number of rotatable bonds is 4. The van der Waals surface area contributed by atoms with Gasteiger partial charge >= 0.3 is 0 Å². The Hall–Kier alpha value is -0.480. The zero-order chi connectivity index (χ0) is 13.6. The molecule has 4 atom stereocenters. The number of fused-ring (bicyclic) bond motifs is 2. The smallest absolute Gasteiger partial charge is 0.153 e. The first-order valence-corrected chi connectivity index (χ1v) is 7.92. The quantitative estimate of drug-likeness (QED) is 0.795. The third kappa shape index (κ3) is 1.99. The number of allylic oxidation sites excluding steroid dienone is 1. The van der Waals surface area contributed by atoms with E-state index in [0.717, 1.165) is 19.3 Å². The molecule has 0 aromatic rings. The van der Waals surface area contributed by atoms with Crippen LogP contribution in [-0.4, -0.2) is 27.0 Å². The van der Waals surface area contributed by atoms with Crippen LogP contribution < -0.4 is 0 Å². The highest BCUT2D eigenvalue weighted by Crippen LogP contribution is 2.65. The Balaban J connectivity index is 2.16. The van der Waals surface area contributed by atoms with Crippen LogP contribution in [-0.2, 0) is 15.6 Å². The highest BCUT2D eigenvalue weighted by molar-refractivity contribution is 7.88. The number of aliphatic hydroxyl groups is 1. The number of carbonyl (C=O) groups excluding carboxylic acids is 1. The van der Waals surface area contributed by atoms with Gasteiger partial charge in [0, 0.05) is 27.4 Å². The van der Waals surface area contributed by atoms with E-state index in [1.54, 1.807) is 0 Å². The minimum Gasteiger partial charge on any atom is -0.392 e. The van der Waals surface area contributed by atoms with Crippen LogP contribution in [0.2, 0.25) is 0 Å². The monoisotopic (exact) mass is 270 g/mol. The first-order valence-electron chi connectivity index (χ1n) is 6.53. The topological polar surface area (TPSA) is 54.4 Å². The summed E-state index contributed by atoms with van der Waals surface area (Å²) in [5, 5.41) is 11.8. The second-order valence-electron chi connectivity index (χ2n) is 6.30. The fourth-order valence-corrected chi connectivity index (χ4v) is 5.51. The molecule has 3 nitrogen and oxygen atoms in total. The molecule has 2 bridgehead atoms. The summed E-state index contributed by atoms with van der Waals surface area (Å²) in [6.45, 7) is 5.82. The Bertz CT molecular complexity index is 413. The molecule has 0 aliphatic heterocycles. The van der Waals surface area contributed by atoms with Crippen LogP contribution >= 0.6 is 0 Å². The van der Waals surface area contributed by atoms with Crippen molar-refractivity contribution in [3.05, 3.63) is 11.5 Å². The van der Waals surface area contributed by atoms with Crippen molar-refractivity contribution in [1.82, 2.24) is 0 Å². The van der Waals surface area contributed by atoms with E-state index in [2.05, 4.69) is 13.8 Å². The molecule has 1 unspecified atom stereocenters. The predicted octanol–water partition coefficient (Wildman–Crippen LogP) is 2.02. The summed E-state index contributed by atoms with van der Waals surface area (Å²) in [5.41, 5.74) is -0.185. The van der Waals surface area contributed by atoms with Crippen LogP contribution in [0.1, 0.15) is 40.0 Å². The van der Waals surface area contributed by atoms with Gasteiger partial charge in [-0.05, 0) is 43.6 Å². The van der Waals surface area contributed by atoms with E-state index in [4.69, 9.17) is 0 Å². The third-order valence-electron chi connectivity index (χ3n) is 5.24. The van der Waals surface area contributed by atoms with Crippen LogP contribution in [0.3, 0.4) is 0 Å². The molecular formula is C14H22O3S. The molecule has 0 amide bonds. The van der Waals surface area contributed by atoms with Gasteiger partial charge in [0.05, 0.1) is 6.10 Å². The lowest BCUT2D eigenvalue weighted by Crippen LogP contribution is -2.43. The molecule has 0 heterocycles. The predicted molar refractivity (Wildman–Crippen MR) is 72.4 cm³/mol. The standard InChI is InChI=1S/C14H22O3S/c1-10(15)5-7-18(17)9-14-6-4-11(8-12(14)16)13(14,2)3/h5,7,11-12,16H,4,6,8-9H2,1-3H3/b7-5+/t11-,12-,14-,18?/m1/s1. The lowest BCUT2D eigenvalue weighted by molar-refractivity contribution is -0.112. The Morgan fingerprint density at radius 2 is 2.17 bits per heavy atom. The molecule has 0 aromatic carbocycles. The molecule has 0 spiro atoms. The van der Waals surface area contributed by atoms with Gasteiger partial charge in [0.1, 0.15) is 0 Å². The number of carbonyl (C=O) groups is 1. The van der Waals surface area contributed by atoms with Crippen molar-refractivity contribution in [1.29, 1.82) is 0 Å². The summed E-state index contributed by atoms with van der Waals surface area (Å²) in [7, 11) is -1.17. The van der Waals surface area contributed by atoms with E-state index < -0.39 is 10.8 Å². The Labute approximate surface area is 111 Å². The van der Waals surface area contributed by atoms with Crippen molar-refractivity contribution in [2.24, 2.45) is 16.7 Å². The van der Waals surface area contributed by atoms with Crippen LogP contribution in [0.5, 0.6) is 0 Å². The number of hydrogen-bond donors (Lipinski definition) is 1. The molecule has 0 saturated heterocycles. The first-order chi connectivity index (χ1) is 8.29. The van der Waals surface area contributed by atoms with Crippen molar-refractivity contribution in [3.8, 4) is 0 Å². The number of aliphatic hydroxyl groups excluding tert-OH is 1. The summed E-state index contributed by atoms with van der Waals surface area (Å²) in [5.74, 6) is 0.930. The van der Waals surface area contributed by atoms with Gasteiger partial charge in [-0.15, -0.1) is 0 Å². The summed E-state index contributed by atoms with van der Waals surface area (Å²) in [6, 6.07) is 0. The van der Waals surface area contributed by atoms with Gasteiger partial charge in [-0.1, -0.05) is 13.8 Å². The second kappa shape index (κ2) is 4.57. The van der Waals surface area contributed by atoms with Crippen molar-refractivity contribution in [3.63, 3.8) is 0 Å². The average molecular weight is 270 g/mol. The van der Waals surface area contributed by atoms with Crippen LogP contribution in [0, 0.1) is 16.7 Å². The Morgan fingerprint density at radius 1 is 1.50 bits per heavy atom. The number of ketones is 1. The van der Waals surface area contributed by atoms with Gasteiger partial charge in [-0.25, -0.2) is 0 Å². The third-order valence-corrected chi connectivity index (χ3v) is 6.48. The fraction of sp³-hybridized carbons (Fsp3) is 0.786. The largest absolute Gasteiger partial charge is 0.392 e. The molecule has 0 radical (unpaired) electrons. The number of hydrogen-bond acceptors (Lipinski definition) is 3. The molecule has 0 aromatic heterocycles. The van der Waals surface area contributed by atoms with Gasteiger partial charge < -0.3 is 5.11 Å². The van der Waals surface area contributed by atoms with Crippen LogP contribution in [0.25, 0.3) is 0 Å². The fourth-order valence-electron chi connectivity index (χ4n) is 3.85. The maximum Gasteiger partial charge on any atom is 0.153 e. The van der Waals surface area contributed by atoms with E-state index in [-0.39, 0.29) is 22.7 Å². The van der Waals surface area contributed by atoms with Gasteiger partial charge in [0.25, 0.3) is 0 Å². The van der Waals surface area contributed by atoms with Gasteiger partial charge in [-0.2, -0.15) is 0 Å². The van der Waals surface area contributed by atoms with Crippen LogP contribution in [0.15, 0.2) is 11.5 Å². The Kier molecular flexibility index (Phi) is 3.54. The summed E-state index contributed by atoms with van der Waals surface area (Å²) < 4.78 is 12.1. The van der Waals surface area contributed by atoms with Crippen molar-refractivity contribution >= 4 is 16.6 Å². The molecule has 2 rings (SSSR count). The van der Waals surface area contributed by atoms with Crippen LogP contribution in [0.4, 0.5) is 0 Å². The maximum absolute atomic E-state index is 12.1. The lowest BCUT2D eigenvalue weighted by Gasteiger charge is -2.39. The molecule has 2 aliphatic rings. The minimum atomic E-state index is -1.17. The van der Waals surface area contributed by atoms with Gasteiger partial charge in [-0.3, -0.25) is 9.00 Å². The highest BCUT2D eigenvalue weighted by atomic mass is 32.2.